The Bertz CT molecular complexity index is 550. The van der Waals surface area contributed by atoms with Crippen LogP contribution < -0.4 is 9.47 Å². The molecule has 1 heterocycles. The first kappa shape index (κ1) is 13.1. The second kappa shape index (κ2) is 5.99. The minimum atomic E-state index is 0.0823. The van der Waals surface area contributed by atoms with Crippen LogP contribution >= 0.6 is 0 Å². The molecule has 1 aromatic carbocycles. The number of hydrogen-bond donors (Lipinski definition) is 0. The molecule has 0 N–H and O–H groups in total. The molecule has 0 saturated carbocycles. The number of ether oxygens (including phenoxy) is 2. The van der Waals surface area contributed by atoms with Crippen LogP contribution in [0.25, 0.3) is 0 Å². The van der Waals surface area contributed by atoms with Gasteiger partial charge in [0.15, 0.2) is 11.5 Å². The summed E-state index contributed by atoms with van der Waals surface area (Å²) in [7, 11) is 1.62. The Morgan fingerprint density at radius 3 is 2.58 bits per heavy atom. The molecule has 2 rings (SSSR count). The Kier molecular flexibility index (Phi) is 4.12. The van der Waals surface area contributed by atoms with Crippen LogP contribution in [0, 0.1) is 0 Å². The quantitative estimate of drug-likeness (QED) is 0.771. The Labute approximate surface area is 111 Å². The van der Waals surface area contributed by atoms with Crippen molar-refractivity contribution in [2.24, 2.45) is 5.10 Å². The molecule has 1 aromatic heterocycles. The largest absolute Gasteiger partial charge is 0.493 e. The van der Waals surface area contributed by atoms with Gasteiger partial charge in [-0.05, 0) is 37.6 Å². The monoisotopic (exact) mass is 260 g/mol. The summed E-state index contributed by atoms with van der Waals surface area (Å²) in [5.41, 5.74) is 0.908. The van der Waals surface area contributed by atoms with Crippen molar-refractivity contribution in [2.45, 2.75) is 20.0 Å². The lowest BCUT2D eigenvalue weighted by atomic mass is 10.2. The van der Waals surface area contributed by atoms with Gasteiger partial charge in [0, 0.05) is 0 Å². The van der Waals surface area contributed by atoms with Gasteiger partial charge in [0.1, 0.15) is 12.7 Å². The minimum Gasteiger partial charge on any atom is -0.493 e. The fourth-order valence-electron chi connectivity index (χ4n) is 1.51. The third kappa shape index (κ3) is 3.54. The van der Waals surface area contributed by atoms with Gasteiger partial charge in [-0.25, -0.2) is 4.68 Å². The molecule has 0 aliphatic heterocycles. The zero-order valence-corrected chi connectivity index (χ0v) is 11.1. The van der Waals surface area contributed by atoms with Crippen LogP contribution in [0.3, 0.4) is 0 Å². The van der Waals surface area contributed by atoms with E-state index >= 15 is 0 Å². The second-order valence-electron chi connectivity index (χ2n) is 4.16. The van der Waals surface area contributed by atoms with Crippen LogP contribution in [0.15, 0.2) is 36.0 Å². The number of hydrogen-bond acceptors (Lipinski definition) is 5. The molecule has 0 radical (unpaired) electrons. The Morgan fingerprint density at radius 1 is 1.21 bits per heavy atom. The van der Waals surface area contributed by atoms with Crippen LogP contribution in [0.1, 0.15) is 19.4 Å². The molecule has 2 aromatic rings. The van der Waals surface area contributed by atoms with Crippen molar-refractivity contribution in [3.05, 3.63) is 36.4 Å². The van der Waals surface area contributed by atoms with Crippen molar-refractivity contribution in [3.8, 4) is 11.5 Å². The van der Waals surface area contributed by atoms with Crippen LogP contribution in [0.4, 0.5) is 0 Å². The highest BCUT2D eigenvalue weighted by Crippen LogP contribution is 2.28. The van der Waals surface area contributed by atoms with Crippen LogP contribution in [0.2, 0.25) is 0 Å². The van der Waals surface area contributed by atoms with Crippen molar-refractivity contribution in [1.29, 1.82) is 0 Å². The predicted molar refractivity (Wildman–Crippen MR) is 71.8 cm³/mol. The smallest absolute Gasteiger partial charge is 0.162 e. The number of aromatic nitrogens is 3. The van der Waals surface area contributed by atoms with Gasteiger partial charge in [-0.1, -0.05) is 0 Å². The average molecular weight is 260 g/mol. The van der Waals surface area contributed by atoms with E-state index in [0.29, 0.717) is 11.5 Å². The number of rotatable bonds is 5. The van der Waals surface area contributed by atoms with E-state index in [2.05, 4.69) is 15.3 Å². The van der Waals surface area contributed by atoms with Gasteiger partial charge in [0.25, 0.3) is 0 Å². The van der Waals surface area contributed by atoms with E-state index < -0.39 is 0 Å². The molecule has 0 spiro atoms. The average Bonchev–Trinajstić information content (AvgIpc) is 2.89. The van der Waals surface area contributed by atoms with Gasteiger partial charge >= 0.3 is 0 Å². The van der Waals surface area contributed by atoms with Crippen molar-refractivity contribution in [1.82, 2.24) is 14.9 Å². The maximum atomic E-state index is 5.70. The summed E-state index contributed by atoms with van der Waals surface area (Å²) in [6.45, 7) is 3.94. The van der Waals surface area contributed by atoms with Crippen LogP contribution in [-0.4, -0.2) is 34.3 Å². The molecular formula is C13H16N4O2. The van der Waals surface area contributed by atoms with Crippen LogP contribution in [0.5, 0.6) is 11.5 Å². The maximum absolute atomic E-state index is 5.70. The van der Waals surface area contributed by atoms with Crippen molar-refractivity contribution in [3.63, 3.8) is 0 Å². The molecule has 100 valence electrons. The third-order valence-corrected chi connectivity index (χ3v) is 2.30. The first-order valence-electron chi connectivity index (χ1n) is 5.92. The van der Waals surface area contributed by atoms with E-state index in [1.54, 1.807) is 13.3 Å². The molecule has 0 saturated heterocycles. The standard InChI is InChI=1S/C13H16N4O2/c1-10(2)19-13-6-11(4-5-12(13)18-3)7-16-17-8-14-15-9-17/h4-10H,1-3H3/b16-7-. The summed E-state index contributed by atoms with van der Waals surface area (Å²) in [5, 5.41) is 11.5. The van der Waals surface area contributed by atoms with E-state index in [0.717, 1.165) is 5.56 Å². The molecule has 6 heteroatoms. The van der Waals surface area contributed by atoms with E-state index in [1.807, 2.05) is 32.0 Å². The lowest BCUT2D eigenvalue weighted by Gasteiger charge is -2.13. The first-order valence-corrected chi connectivity index (χ1v) is 5.92. The molecule has 0 atom stereocenters. The molecule has 0 aliphatic carbocycles. The fraction of sp³-hybridized carbons (Fsp3) is 0.308. The normalized spacial score (nSPS) is 11.2. The molecule has 19 heavy (non-hydrogen) atoms. The summed E-state index contributed by atoms with van der Waals surface area (Å²) in [4.78, 5) is 0. The number of benzene rings is 1. The summed E-state index contributed by atoms with van der Waals surface area (Å²) in [5.74, 6) is 1.40. The SMILES string of the molecule is COc1ccc(/C=N\n2cnnc2)cc1OC(C)C. The number of nitrogens with zero attached hydrogens (tertiary/aromatic N) is 4. The van der Waals surface area contributed by atoms with Gasteiger partial charge in [-0.2, -0.15) is 5.10 Å². The van der Waals surface area contributed by atoms with E-state index in [4.69, 9.17) is 9.47 Å². The van der Waals surface area contributed by atoms with E-state index in [9.17, 15) is 0 Å². The molecular weight excluding hydrogens is 244 g/mol. The predicted octanol–water partition coefficient (Wildman–Crippen LogP) is 1.96. The van der Waals surface area contributed by atoms with Crippen molar-refractivity contribution < 1.29 is 9.47 Å². The van der Waals surface area contributed by atoms with Gasteiger partial charge in [-0.3, -0.25) is 0 Å². The first-order chi connectivity index (χ1) is 9.19. The molecule has 0 fully saturated rings. The van der Waals surface area contributed by atoms with Gasteiger partial charge in [0.2, 0.25) is 0 Å². The highest BCUT2D eigenvalue weighted by Gasteiger charge is 2.06. The van der Waals surface area contributed by atoms with Crippen molar-refractivity contribution >= 4 is 6.21 Å². The number of methoxy groups -OCH3 is 1. The summed E-state index contributed by atoms with van der Waals surface area (Å²) < 4.78 is 12.5. The third-order valence-electron chi connectivity index (χ3n) is 2.30. The zero-order chi connectivity index (χ0) is 13.7. The van der Waals surface area contributed by atoms with Crippen molar-refractivity contribution in [2.75, 3.05) is 7.11 Å². The van der Waals surface area contributed by atoms with Gasteiger partial charge in [-0.15, -0.1) is 10.2 Å². The molecule has 0 amide bonds. The molecule has 0 unspecified atom stereocenters. The van der Waals surface area contributed by atoms with E-state index in [1.165, 1.54) is 17.3 Å². The summed E-state index contributed by atoms with van der Waals surface area (Å²) in [6.07, 6.45) is 4.83. The molecule has 6 nitrogen and oxygen atoms in total. The van der Waals surface area contributed by atoms with Gasteiger partial charge < -0.3 is 9.47 Å². The fourth-order valence-corrected chi connectivity index (χ4v) is 1.51. The molecule has 0 bridgehead atoms. The zero-order valence-electron chi connectivity index (χ0n) is 11.1. The van der Waals surface area contributed by atoms with Crippen LogP contribution in [-0.2, 0) is 0 Å². The topological polar surface area (TPSA) is 61.5 Å². The lowest BCUT2D eigenvalue weighted by molar-refractivity contribution is 0.230. The molecule has 0 aliphatic rings. The lowest BCUT2D eigenvalue weighted by Crippen LogP contribution is -2.07. The highest BCUT2D eigenvalue weighted by molar-refractivity contribution is 5.80. The minimum absolute atomic E-state index is 0.0823. The van der Waals surface area contributed by atoms with Gasteiger partial charge in [0.05, 0.1) is 19.4 Å². The Hall–Kier alpha value is -2.37. The highest BCUT2D eigenvalue weighted by atomic mass is 16.5. The Morgan fingerprint density at radius 2 is 1.95 bits per heavy atom. The second-order valence-corrected chi connectivity index (χ2v) is 4.16. The Balaban J connectivity index is 2.22. The summed E-state index contributed by atoms with van der Waals surface area (Å²) in [6, 6.07) is 5.64. The van der Waals surface area contributed by atoms with E-state index in [-0.39, 0.29) is 6.10 Å². The maximum Gasteiger partial charge on any atom is 0.162 e. The summed E-state index contributed by atoms with van der Waals surface area (Å²) >= 11 is 0.